The van der Waals surface area contributed by atoms with Gasteiger partial charge >= 0.3 is 0 Å². The number of ether oxygens (including phenoxy) is 1. The van der Waals surface area contributed by atoms with E-state index in [2.05, 4.69) is 12.2 Å². The third kappa shape index (κ3) is 4.65. The van der Waals surface area contributed by atoms with Crippen LogP contribution in [-0.4, -0.2) is 12.5 Å². The van der Waals surface area contributed by atoms with Crippen LogP contribution in [0.2, 0.25) is 10.0 Å². The van der Waals surface area contributed by atoms with Gasteiger partial charge in [-0.15, -0.1) is 0 Å². The van der Waals surface area contributed by atoms with Crippen molar-refractivity contribution in [2.24, 2.45) is 0 Å². The molecular formula is C19H21Cl2NO2. The van der Waals surface area contributed by atoms with E-state index in [-0.39, 0.29) is 5.91 Å². The number of hydrogen-bond donors (Lipinski definition) is 1. The Morgan fingerprint density at radius 2 is 1.79 bits per heavy atom. The molecule has 5 heteroatoms. The minimum Gasteiger partial charge on any atom is -0.490 e. The van der Waals surface area contributed by atoms with Crippen molar-refractivity contribution in [2.45, 2.75) is 33.6 Å². The van der Waals surface area contributed by atoms with E-state index in [4.69, 9.17) is 27.9 Å². The first-order valence-electron chi connectivity index (χ1n) is 7.92. The quantitative estimate of drug-likeness (QED) is 0.633. The van der Waals surface area contributed by atoms with Crippen LogP contribution in [0.25, 0.3) is 0 Å². The molecule has 0 heterocycles. The Morgan fingerprint density at radius 1 is 1.12 bits per heavy atom. The zero-order valence-electron chi connectivity index (χ0n) is 14.1. The molecule has 0 fully saturated rings. The normalized spacial score (nSPS) is 10.5. The standard InChI is InChI=1S/C19H21Cl2NO2/c1-4-5-8-24-18-15(20)10-14(11-16(18)21)19(23)22-17-9-12(2)6-7-13(17)3/h6-7,9-11H,4-5,8H2,1-3H3,(H,22,23). The summed E-state index contributed by atoms with van der Waals surface area (Å²) in [7, 11) is 0. The molecule has 0 saturated carbocycles. The minimum atomic E-state index is -0.257. The van der Waals surface area contributed by atoms with E-state index in [9.17, 15) is 4.79 Å². The predicted molar refractivity (Wildman–Crippen MR) is 101 cm³/mol. The molecule has 1 N–H and O–H groups in total. The first-order valence-corrected chi connectivity index (χ1v) is 8.68. The number of unbranched alkanes of at least 4 members (excludes halogenated alkanes) is 1. The lowest BCUT2D eigenvalue weighted by molar-refractivity contribution is 0.102. The Kier molecular flexibility index (Phi) is 6.52. The molecule has 0 aliphatic carbocycles. The summed E-state index contributed by atoms with van der Waals surface area (Å²) in [6.45, 7) is 6.54. The third-order valence-corrected chi connectivity index (χ3v) is 4.21. The molecule has 0 unspecified atom stereocenters. The minimum absolute atomic E-state index is 0.257. The lowest BCUT2D eigenvalue weighted by Gasteiger charge is -2.13. The maximum Gasteiger partial charge on any atom is 0.255 e. The number of hydrogen-bond acceptors (Lipinski definition) is 2. The summed E-state index contributed by atoms with van der Waals surface area (Å²) in [4.78, 5) is 12.5. The molecule has 24 heavy (non-hydrogen) atoms. The Bertz CT molecular complexity index is 721. The monoisotopic (exact) mass is 365 g/mol. The first kappa shape index (κ1) is 18.6. The van der Waals surface area contributed by atoms with Crippen molar-refractivity contribution in [1.29, 1.82) is 0 Å². The van der Waals surface area contributed by atoms with Gasteiger partial charge < -0.3 is 10.1 Å². The SMILES string of the molecule is CCCCOc1c(Cl)cc(C(=O)Nc2cc(C)ccc2C)cc1Cl. The van der Waals surface area contributed by atoms with E-state index in [1.807, 2.05) is 32.0 Å². The number of rotatable bonds is 6. The second kappa shape index (κ2) is 8.41. The zero-order valence-corrected chi connectivity index (χ0v) is 15.6. The van der Waals surface area contributed by atoms with Crippen LogP contribution in [0.4, 0.5) is 5.69 Å². The first-order chi connectivity index (χ1) is 11.4. The Labute approximate surface area is 152 Å². The zero-order chi connectivity index (χ0) is 17.7. The molecule has 128 valence electrons. The molecule has 0 radical (unpaired) electrons. The molecule has 0 aliphatic rings. The van der Waals surface area contributed by atoms with E-state index < -0.39 is 0 Å². The number of anilines is 1. The predicted octanol–water partition coefficient (Wildman–Crippen LogP) is 6.04. The summed E-state index contributed by atoms with van der Waals surface area (Å²) in [5, 5.41) is 3.57. The van der Waals surface area contributed by atoms with Gasteiger partial charge in [-0.05, 0) is 49.6 Å². The average Bonchev–Trinajstić information content (AvgIpc) is 2.53. The molecule has 0 atom stereocenters. The highest BCUT2D eigenvalue weighted by Gasteiger charge is 2.15. The topological polar surface area (TPSA) is 38.3 Å². The fraction of sp³-hybridized carbons (Fsp3) is 0.316. The molecule has 0 spiro atoms. The van der Waals surface area contributed by atoms with Crippen LogP contribution >= 0.6 is 23.2 Å². The highest BCUT2D eigenvalue weighted by molar-refractivity contribution is 6.37. The van der Waals surface area contributed by atoms with Gasteiger partial charge in [-0.25, -0.2) is 0 Å². The van der Waals surface area contributed by atoms with Crippen molar-refractivity contribution in [3.63, 3.8) is 0 Å². The van der Waals surface area contributed by atoms with E-state index >= 15 is 0 Å². The van der Waals surface area contributed by atoms with Gasteiger partial charge in [0.2, 0.25) is 0 Å². The van der Waals surface area contributed by atoms with Crippen LogP contribution in [-0.2, 0) is 0 Å². The average molecular weight is 366 g/mol. The van der Waals surface area contributed by atoms with Gasteiger partial charge in [0.15, 0.2) is 5.75 Å². The molecule has 0 aliphatic heterocycles. The Balaban J connectivity index is 2.19. The van der Waals surface area contributed by atoms with Gasteiger partial charge in [0.05, 0.1) is 16.7 Å². The number of amides is 1. The second-order valence-corrected chi connectivity index (χ2v) is 6.56. The van der Waals surface area contributed by atoms with Gasteiger partial charge in [-0.1, -0.05) is 48.7 Å². The third-order valence-electron chi connectivity index (χ3n) is 3.65. The molecule has 2 rings (SSSR count). The lowest BCUT2D eigenvalue weighted by Crippen LogP contribution is -2.13. The summed E-state index contributed by atoms with van der Waals surface area (Å²) in [5.74, 6) is 0.169. The van der Waals surface area contributed by atoms with Crippen molar-refractivity contribution in [1.82, 2.24) is 0 Å². The highest BCUT2D eigenvalue weighted by atomic mass is 35.5. The van der Waals surface area contributed by atoms with E-state index in [1.54, 1.807) is 12.1 Å². The van der Waals surface area contributed by atoms with Gasteiger partial charge in [-0.3, -0.25) is 4.79 Å². The molecular weight excluding hydrogens is 345 g/mol. The second-order valence-electron chi connectivity index (χ2n) is 5.74. The largest absolute Gasteiger partial charge is 0.490 e. The van der Waals surface area contributed by atoms with Crippen molar-refractivity contribution in [3.05, 3.63) is 57.1 Å². The summed E-state index contributed by atoms with van der Waals surface area (Å²) < 4.78 is 5.60. The fourth-order valence-electron chi connectivity index (χ4n) is 2.21. The number of aryl methyl sites for hydroxylation is 2. The molecule has 0 aromatic heterocycles. The Hall–Kier alpha value is -1.71. The fourth-order valence-corrected chi connectivity index (χ4v) is 2.81. The molecule has 0 bridgehead atoms. The van der Waals surface area contributed by atoms with Gasteiger partial charge in [0.25, 0.3) is 5.91 Å². The van der Waals surface area contributed by atoms with Gasteiger partial charge in [0.1, 0.15) is 0 Å². The van der Waals surface area contributed by atoms with Crippen LogP contribution in [0, 0.1) is 13.8 Å². The highest BCUT2D eigenvalue weighted by Crippen LogP contribution is 2.34. The van der Waals surface area contributed by atoms with Gasteiger partial charge in [-0.2, -0.15) is 0 Å². The number of nitrogens with one attached hydrogen (secondary N) is 1. The maximum atomic E-state index is 12.5. The van der Waals surface area contributed by atoms with Crippen LogP contribution in [0.15, 0.2) is 30.3 Å². The number of carbonyl (C=O) groups excluding carboxylic acids is 1. The van der Waals surface area contributed by atoms with Crippen LogP contribution in [0.5, 0.6) is 5.75 Å². The summed E-state index contributed by atoms with van der Waals surface area (Å²) in [6, 6.07) is 9.06. The number of carbonyl (C=O) groups is 1. The number of halogens is 2. The van der Waals surface area contributed by atoms with Gasteiger partial charge in [0, 0.05) is 11.3 Å². The Morgan fingerprint density at radius 3 is 2.42 bits per heavy atom. The smallest absolute Gasteiger partial charge is 0.255 e. The van der Waals surface area contributed by atoms with E-state index in [0.29, 0.717) is 28.0 Å². The van der Waals surface area contributed by atoms with Crippen LogP contribution < -0.4 is 10.1 Å². The summed E-state index contributed by atoms with van der Waals surface area (Å²) >= 11 is 12.5. The molecule has 1 amide bonds. The number of benzene rings is 2. The van der Waals surface area contributed by atoms with E-state index in [0.717, 1.165) is 29.7 Å². The molecule has 2 aromatic rings. The van der Waals surface area contributed by atoms with E-state index in [1.165, 1.54) is 0 Å². The summed E-state index contributed by atoms with van der Waals surface area (Å²) in [5.41, 5.74) is 3.24. The van der Waals surface area contributed by atoms with Crippen LogP contribution in [0.1, 0.15) is 41.3 Å². The lowest BCUT2D eigenvalue weighted by atomic mass is 10.1. The van der Waals surface area contributed by atoms with Crippen molar-refractivity contribution < 1.29 is 9.53 Å². The summed E-state index contributed by atoms with van der Waals surface area (Å²) in [6.07, 6.45) is 1.94. The van der Waals surface area contributed by atoms with Crippen molar-refractivity contribution in [3.8, 4) is 5.75 Å². The van der Waals surface area contributed by atoms with Crippen LogP contribution in [0.3, 0.4) is 0 Å². The van der Waals surface area contributed by atoms with Crippen molar-refractivity contribution >= 4 is 34.8 Å². The molecule has 0 saturated heterocycles. The van der Waals surface area contributed by atoms with Crippen molar-refractivity contribution in [2.75, 3.05) is 11.9 Å². The molecule has 2 aromatic carbocycles. The molecule has 3 nitrogen and oxygen atoms in total. The maximum absolute atomic E-state index is 12.5.